The lowest BCUT2D eigenvalue weighted by atomic mass is 10.2. The van der Waals surface area contributed by atoms with E-state index in [0.717, 1.165) is 29.4 Å². The molecule has 3 N–H and O–H groups in total. The summed E-state index contributed by atoms with van der Waals surface area (Å²) in [6.45, 7) is 3.46. The van der Waals surface area contributed by atoms with E-state index in [1.807, 2.05) is 25.3 Å². The Morgan fingerprint density at radius 2 is 2.29 bits per heavy atom. The molecule has 110 valence electrons. The van der Waals surface area contributed by atoms with Crippen LogP contribution in [0.2, 0.25) is 0 Å². The molecule has 3 rings (SSSR count). The molecule has 0 bridgehead atoms. The molecule has 0 amide bonds. The van der Waals surface area contributed by atoms with E-state index in [0.29, 0.717) is 12.0 Å². The Bertz CT molecular complexity index is 789. The predicted molar refractivity (Wildman–Crippen MR) is 84.4 cm³/mol. The summed E-state index contributed by atoms with van der Waals surface area (Å²) >= 11 is 1.65. The van der Waals surface area contributed by atoms with Crippen LogP contribution >= 0.6 is 11.3 Å². The normalized spacial score (nSPS) is 10.9. The van der Waals surface area contributed by atoms with Crippen LogP contribution in [0.3, 0.4) is 0 Å². The van der Waals surface area contributed by atoms with Gasteiger partial charge in [0.05, 0.1) is 17.5 Å². The summed E-state index contributed by atoms with van der Waals surface area (Å²) in [5.74, 6) is 0.753. The predicted octanol–water partition coefficient (Wildman–Crippen LogP) is 2.50. The van der Waals surface area contributed by atoms with Gasteiger partial charge in [-0.1, -0.05) is 0 Å². The van der Waals surface area contributed by atoms with E-state index in [2.05, 4.69) is 20.5 Å². The SMILES string of the molecule is Cc1cnc(NCCCOc2ccc3c(=O)[nH][nH]c3c2)s1. The molecule has 0 unspecified atom stereocenters. The third-order valence-electron chi connectivity index (χ3n) is 3.03. The van der Waals surface area contributed by atoms with E-state index >= 15 is 0 Å². The number of fused-ring (bicyclic) bond motifs is 1. The minimum Gasteiger partial charge on any atom is -0.493 e. The number of aromatic nitrogens is 3. The number of anilines is 1. The largest absolute Gasteiger partial charge is 0.493 e. The topological polar surface area (TPSA) is 82.8 Å². The lowest BCUT2D eigenvalue weighted by Crippen LogP contribution is -2.07. The fourth-order valence-electron chi connectivity index (χ4n) is 2.00. The summed E-state index contributed by atoms with van der Waals surface area (Å²) < 4.78 is 5.67. The lowest BCUT2D eigenvalue weighted by molar-refractivity contribution is 0.315. The second kappa shape index (κ2) is 6.01. The standard InChI is InChI=1S/C14H16N4O2S/c1-9-8-16-14(21-9)15-5-2-6-20-10-3-4-11-12(7-10)17-18-13(11)19/h3-4,7-8H,2,5-6H2,1H3,(H,15,16)(H2,17,18,19). The second-order valence-corrected chi connectivity index (χ2v) is 5.93. The van der Waals surface area contributed by atoms with Gasteiger partial charge in [-0.25, -0.2) is 4.98 Å². The molecule has 0 radical (unpaired) electrons. The molecule has 0 fully saturated rings. The number of nitrogens with one attached hydrogen (secondary N) is 3. The average Bonchev–Trinajstić information content (AvgIpc) is 3.05. The van der Waals surface area contributed by atoms with Crippen molar-refractivity contribution >= 4 is 27.4 Å². The Morgan fingerprint density at radius 1 is 1.38 bits per heavy atom. The minimum absolute atomic E-state index is 0.112. The number of aryl methyl sites for hydroxylation is 1. The zero-order valence-electron chi connectivity index (χ0n) is 11.6. The Morgan fingerprint density at radius 3 is 3.10 bits per heavy atom. The zero-order valence-corrected chi connectivity index (χ0v) is 12.4. The van der Waals surface area contributed by atoms with Gasteiger partial charge in [-0.15, -0.1) is 11.3 Å². The molecule has 2 heterocycles. The Kier molecular flexibility index (Phi) is 3.92. The maximum absolute atomic E-state index is 11.4. The van der Waals surface area contributed by atoms with Crippen molar-refractivity contribution in [2.75, 3.05) is 18.5 Å². The van der Waals surface area contributed by atoms with Gasteiger partial charge >= 0.3 is 0 Å². The third-order valence-corrected chi connectivity index (χ3v) is 3.90. The van der Waals surface area contributed by atoms with Crippen molar-refractivity contribution < 1.29 is 4.74 Å². The number of hydrogen-bond acceptors (Lipinski definition) is 5. The number of thiazole rings is 1. The number of rotatable bonds is 6. The molecule has 6 nitrogen and oxygen atoms in total. The summed E-state index contributed by atoms with van der Waals surface area (Å²) in [6, 6.07) is 5.39. The molecule has 0 aliphatic carbocycles. The number of aromatic amines is 2. The third kappa shape index (κ3) is 3.25. The molecule has 0 saturated carbocycles. The van der Waals surface area contributed by atoms with Crippen molar-refractivity contribution in [3.63, 3.8) is 0 Å². The maximum atomic E-state index is 11.4. The smallest absolute Gasteiger partial charge is 0.271 e. The van der Waals surface area contributed by atoms with E-state index in [-0.39, 0.29) is 5.56 Å². The van der Waals surface area contributed by atoms with Crippen LogP contribution < -0.4 is 15.6 Å². The monoisotopic (exact) mass is 304 g/mol. The highest BCUT2D eigenvalue weighted by Gasteiger charge is 2.02. The van der Waals surface area contributed by atoms with Crippen LogP contribution in [0, 0.1) is 6.92 Å². The number of ether oxygens (including phenoxy) is 1. The Balaban J connectivity index is 1.47. The van der Waals surface area contributed by atoms with Crippen molar-refractivity contribution in [2.45, 2.75) is 13.3 Å². The molecule has 1 aromatic carbocycles. The summed E-state index contributed by atoms with van der Waals surface area (Å²) in [7, 11) is 0. The van der Waals surface area contributed by atoms with Gasteiger partial charge in [0.15, 0.2) is 5.13 Å². The number of H-pyrrole nitrogens is 2. The number of hydrogen-bond donors (Lipinski definition) is 3. The van der Waals surface area contributed by atoms with Gasteiger partial charge < -0.3 is 10.1 Å². The summed E-state index contributed by atoms with van der Waals surface area (Å²) in [5, 5.41) is 10.2. The van der Waals surface area contributed by atoms with Crippen LogP contribution in [-0.2, 0) is 0 Å². The first-order valence-electron chi connectivity index (χ1n) is 6.72. The molecule has 2 aromatic heterocycles. The highest BCUT2D eigenvalue weighted by Crippen LogP contribution is 2.17. The summed E-state index contributed by atoms with van der Waals surface area (Å²) in [6.07, 6.45) is 2.73. The van der Waals surface area contributed by atoms with E-state index in [1.54, 1.807) is 17.4 Å². The molecule has 0 aliphatic rings. The van der Waals surface area contributed by atoms with Gasteiger partial charge in [0, 0.05) is 23.7 Å². The molecular formula is C14H16N4O2S. The van der Waals surface area contributed by atoms with Crippen LogP contribution in [0.5, 0.6) is 5.75 Å². The van der Waals surface area contributed by atoms with Gasteiger partial charge in [-0.2, -0.15) is 0 Å². The first-order valence-corrected chi connectivity index (χ1v) is 7.53. The van der Waals surface area contributed by atoms with E-state index < -0.39 is 0 Å². The van der Waals surface area contributed by atoms with Gasteiger partial charge in [0.1, 0.15) is 5.75 Å². The highest BCUT2D eigenvalue weighted by atomic mass is 32.1. The first kappa shape index (κ1) is 13.7. The van der Waals surface area contributed by atoms with E-state index in [9.17, 15) is 4.79 Å². The van der Waals surface area contributed by atoms with Crippen LogP contribution in [0.4, 0.5) is 5.13 Å². The first-order chi connectivity index (χ1) is 10.2. The molecule has 7 heteroatoms. The average molecular weight is 304 g/mol. The molecular weight excluding hydrogens is 288 g/mol. The Labute approximate surface area is 125 Å². The van der Waals surface area contributed by atoms with E-state index in [4.69, 9.17) is 4.74 Å². The van der Waals surface area contributed by atoms with Crippen LogP contribution in [0.1, 0.15) is 11.3 Å². The Hall–Kier alpha value is -2.28. The van der Waals surface area contributed by atoms with Crippen molar-refractivity contribution in [1.82, 2.24) is 15.2 Å². The van der Waals surface area contributed by atoms with Gasteiger partial charge in [0.25, 0.3) is 5.56 Å². The summed E-state index contributed by atoms with van der Waals surface area (Å²) in [5.41, 5.74) is 0.647. The quantitative estimate of drug-likeness (QED) is 0.611. The van der Waals surface area contributed by atoms with Gasteiger partial charge in [-0.05, 0) is 25.5 Å². The van der Waals surface area contributed by atoms with Crippen molar-refractivity contribution in [2.24, 2.45) is 0 Å². The molecule has 0 aliphatic heterocycles. The maximum Gasteiger partial charge on any atom is 0.271 e. The second-order valence-electron chi connectivity index (χ2n) is 4.69. The zero-order chi connectivity index (χ0) is 14.7. The van der Waals surface area contributed by atoms with Gasteiger partial charge in [0.2, 0.25) is 0 Å². The fourth-order valence-corrected chi connectivity index (χ4v) is 2.69. The van der Waals surface area contributed by atoms with Crippen molar-refractivity contribution in [3.8, 4) is 5.75 Å². The summed E-state index contributed by atoms with van der Waals surface area (Å²) in [4.78, 5) is 16.8. The van der Waals surface area contributed by atoms with Crippen LogP contribution in [0.15, 0.2) is 29.2 Å². The number of benzene rings is 1. The molecule has 3 aromatic rings. The fraction of sp³-hybridized carbons (Fsp3) is 0.286. The van der Waals surface area contributed by atoms with Crippen molar-refractivity contribution in [3.05, 3.63) is 39.6 Å². The lowest BCUT2D eigenvalue weighted by Gasteiger charge is -2.06. The van der Waals surface area contributed by atoms with Crippen molar-refractivity contribution in [1.29, 1.82) is 0 Å². The molecule has 0 saturated heterocycles. The minimum atomic E-state index is -0.112. The highest BCUT2D eigenvalue weighted by molar-refractivity contribution is 7.15. The molecule has 0 spiro atoms. The van der Waals surface area contributed by atoms with Crippen LogP contribution in [0.25, 0.3) is 10.9 Å². The molecule has 21 heavy (non-hydrogen) atoms. The van der Waals surface area contributed by atoms with Crippen LogP contribution in [-0.4, -0.2) is 28.3 Å². The van der Waals surface area contributed by atoms with E-state index in [1.165, 1.54) is 4.88 Å². The number of nitrogens with zero attached hydrogens (tertiary/aromatic N) is 1. The van der Waals surface area contributed by atoms with Gasteiger partial charge in [-0.3, -0.25) is 15.0 Å². The molecule has 0 atom stereocenters.